The summed E-state index contributed by atoms with van der Waals surface area (Å²) >= 11 is 0. The van der Waals surface area contributed by atoms with E-state index in [1.54, 1.807) is 12.1 Å². The first-order valence-corrected chi connectivity index (χ1v) is 11.8. The van der Waals surface area contributed by atoms with Crippen molar-refractivity contribution < 1.29 is 19.3 Å². The third-order valence-electron chi connectivity index (χ3n) is 6.58. The molecule has 2 heterocycles. The van der Waals surface area contributed by atoms with Gasteiger partial charge in [-0.25, -0.2) is 0 Å². The van der Waals surface area contributed by atoms with Gasteiger partial charge in [-0.15, -0.1) is 0 Å². The minimum atomic E-state index is -0.215. The maximum Gasteiger partial charge on any atom is 0.199 e. The van der Waals surface area contributed by atoms with E-state index in [2.05, 4.69) is 54.6 Å². The molecule has 1 N–H and O–H groups in total. The number of phenolic OH excluding ortho intramolecular Hbond substituents is 1. The van der Waals surface area contributed by atoms with Crippen molar-refractivity contribution in [2.75, 3.05) is 6.61 Å². The fourth-order valence-corrected chi connectivity index (χ4v) is 4.86. The molecule has 0 amide bonds. The molecule has 2 aliphatic rings. The van der Waals surface area contributed by atoms with Crippen LogP contribution in [0.15, 0.2) is 91.0 Å². The maximum absolute atomic E-state index is 10.1. The molecule has 1 fully saturated rings. The monoisotopic (exact) mass is 450 g/mol. The van der Waals surface area contributed by atoms with Crippen LogP contribution in [0.5, 0.6) is 23.0 Å². The topological polar surface area (TPSA) is 47.9 Å². The van der Waals surface area contributed by atoms with Gasteiger partial charge in [-0.05, 0) is 41.7 Å². The van der Waals surface area contributed by atoms with E-state index in [-0.39, 0.29) is 18.0 Å². The van der Waals surface area contributed by atoms with E-state index < -0.39 is 0 Å². The Hall–Kier alpha value is -3.76. The summed E-state index contributed by atoms with van der Waals surface area (Å²) in [6.45, 7) is 0.736. The van der Waals surface area contributed by atoms with Gasteiger partial charge in [-0.3, -0.25) is 0 Å². The van der Waals surface area contributed by atoms with Crippen molar-refractivity contribution in [2.24, 2.45) is 0 Å². The zero-order chi connectivity index (χ0) is 22.9. The molecule has 4 aromatic rings. The molecule has 0 bridgehead atoms. The number of hydrogen-bond acceptors (Lipinski definition) is 4. The molecule has 0 aliphatic carbocycles. The molecule has 34 heavy (non-hydrogen) atoms. The minimum absolute atomic E-state index is 0.0100. The Morgan fingerprint density at radius 1 is 0.735 bits per heavy atom. The predicted octanol–water partition coefficient (Wildman–Crippen LogP) is 7.25. The van der Waals surface area contributed by atoms with Crippen LogP contribution in [0.1, 0.15) is 41.9 Å². The summed E-state index contributed by atoms with van der Waals surface area (Å²) < 4.78 is 18.1. The predicted molar refractivity (Wildman–Crippen MR) is 132 cm³/mol. The summed E-state index contributed by atoms with van der Waals surface area (Å²) in [4.78, 5) is 0. The molecule has 0 saturated carbocycles. The van der Waals surface area contributed by atoms with E-state index in [9.17, 15) is 5.11 Å². The highest BCUT2D eigenvalue weighted by molar-refractivity contribution is 5.66. The van der Waals surface area contributed by atoms with Gasteiger partial charge in [0.15, 0.2) is 6.29 Å². The van der Waals surface area contributed by atoms with Crippen molar-refractivity contribution in [3.05, 3.63) is 108 Å². The second-order valence-electron chi connectivity index (χ2n) is 8.86. The molecular formula is C30H26O4. The molecule has 2 unspecified atom stereocenters. The summed E-state index contributed by atoms with van der Waals surface area (Å²) in [6, 6.07) is 30.4. The van der Waals surface area contributed by atoms with E-state index in [0.717, 1.165) is 48.5 Å². The van der Waals surface area contributed by atoms with Crippen LogP contribution < -0.4 is 9.47 Å². The van der Waals surface area contributed by atoms with Crippen molar-refractivity contribution in [1.29, 1.82) is 0 Å². The molecule has 2 aliphatic heterocycles. The first kappa shape index (κ1) is 20.8. The molecule has 2 atom stereocenters. The quantitative estimate of drug-likeness (QED) is 0.313. The van der Waals surface area contributed by atoms with Gasteiger partial charge in [0, 0.05) is 35.6 Å². The molecular weight excluding hydrogens is 424 g/mol. The SMILES string of the molecule is Oc1ccc2c(c1)Oc1cc(OC3CCCCO3)ccc1C2c1ccc(-c2ccccc2)cc1. The van der Waals surface area contributed by atoms with Crippen molar-refractivity contribution >= 4 is 0 Å². The number of hydrogen-bond donors (Lipinski definition) is 1. The van der Waals surface area contributed by atoms with Crippen molar-refractivity contribution in [1.82, 2.24) is 0 Å². The van der Waals surface area contributed by atoms with E-state index >= 15 is 0 Å². The highest BCUT2D eigenvalue weighted by Crippen LogP contribution is 2.49. The van der Waals surface area contributed by atoms with Crippen molar-refractivity contribution in [3.63, 3.8) is 0 Å². The average molecular weight is 451 g/mol. The summed E-state index contributed by atoms with van der Waals surface area (Å²) in [7, 11) is 0. The fourth-order valence-electron chi connectivity index (χ4n) is 4.86. The molecule has 4 nitrogen and oxygen atoms in total. The van der Waals surface area contributed by atoms with Gasteiger partial charge in [0.05, 0.1) is 6.61 Å². The van der Waals surface area contributed by atoms with Gasteiger partial charge in [0.25, 0.3) is 0 Å². The molecule has 0 radical (unpaired) electrons. The van der Waals surface area contributed by atoms with Gasteiger partial charge in [0.2, 0.25) is 0 Å². The number of aromatic hydroxyl groups is 1. The molecule has 170 valence electrons. The van der Waals surface area contributed by atoms with Crippen molar-refractivity contribution in [2.45, 2.75) is 31.5 Å². The van der Waals surface area contributed by atoms with Crippen LogP contribution in [0.2, 0.25) is 0 Å². The number of benzene rings is 4. The van der Waals surface area contributed by atoms with Crippen LogP contribution >= 0.6 is 0 Å². The summed E-state index contributed by atoms with van der Waals surface area (Å²) in [5, 5.41) is 10.1. The third-order valence-corrected chi connectivity index (χ3v) is 6.58. The van der Waals surface area contributed by atoms with Crippen LogP contribution in [-0.4, -0.2) is 18.0 Å². The Labute approximate surface area is 199 Å². The second kappa shape index (κ2) is 8.88. The zero-order valence-electron chi connectivity index (χ0n) is 18.8. The third kappa shape index (κ3) is 4.02. The lowest BCUT2D eigenvalue weighted by molar-refractivity contribution is -0.105. The average Bonchev–Trinajstić information content (AvgIpc) is 2.88. The van der Waals surface area contributed by atoms with Crippen LogP contribution in [0, 0.1) is 0 Å². The Balaban J connectivity index is 1.37. The van der Waals surface area contributed by atoms with E-state index in [0.29, 0.717) is 5.75 Å². The fraction of sp³-hybridized carbons (Fsp3) is 0.200. The van der Waals surface area contributed by atoms with Gasteiger partial charge in [-0.2, -0.15) is 0 Å². The Morgan fingerprint density at radius 3 is 2.24 bits per heavy atom. The number of fused-ring (bicyclic) bond motifs is 2. The van der Waals surface area contributed by atoms with Gasteiger partial charge >= 0.3 is 0 Å². The minimum Gasteiger partial charge on any atom is -0.508 e. The molecule has 4 heteroatoms. The molecule has 0 aromatic heterocycles. The maximum atomic E-state index is 10.1. The first-order valence-electron chi connectivity index (χ1n) is 11.8. The summed E-state index contributed by atoms with van der Waals surface area (Å²) in [5.41, 5.74) is 5.64. The molecule has 6 rings (SSSR count). The van der Waals surface area contributed by atoms with Crippen LogP contribution in [0.3, 0.4) is 0 Å². The Morgan fingerprint density at radius 2 is 1.47 bits per heavy atom. The smallest absolute Gasteiger partial charge is 0.199 e. The van der Waals surface area contributed by atoms with E-state index in [1.165, 1.54) is 16.7 Å². The molecule has 1 saturated heterocycles. The lowest BCUT2D eigenvalue weighted by Crippen LogP contribution is -2.25. The largest absolute Gasteiger partial charge is 0.508 e. The summed E-state index contributed by atoms with van der Waals surface area (Å²) in [6.07, 6.45) is 2.87. The number of rotatable bonds is 4. The highest BCUT2D eigenvalue weighted by Gasteiger charge is 2.30. The van der Waals surface area contributed by atoms with Crippen LogP contribution in [0.4, 0.5) is 0 Å². The second-order valence-corrected chi connectivity index (χ2v) is 8.86. The van der Waals surface area contributed by atoms with E-state index in [1.807, 2.05) is 24.3 Å². The summed E-state index contributed by atoms with van der Waals surface area (Å²) in [5.74, 6) is 2.30. The normalized spacial score (nSPS) is 18.9. The van der Waals surface area contributed by atoms with Crippen LogP contribution in [0.25, 0.3) is 11.1 Å². The molecule has 4 aromatic carbocycles. The lowest BCUT2D eigenvalue weighted by Gasteiger charge is -2.30. The van der Waals surface area contributed by atoms with E-state index in [4.69, 9.17) is 14.2 Å². The Kier molecular flexibility index (Phi) is 5.44. The van der Waals surface area contributed by atoms with Gasteiger partial charge in [-0.1, -0.05) is 66.7 Å². The number of phenols is 1. The van der Waals surface area contributed by atoms with Crippen molar-refractivity contribution in [3.8, 4) is 34.1 Å². The van der Waals surface area contributed by atoms with Crippen LogP contribution in [-0.2, 0) is 4.74 Å². The Bertz CT molecular complexity index is 1290. The first-order chi connectivity index (χ1) is 16.7. The lowest BCUT2D eigenvalue weighted by atomic mass is 9.82. The number of ether oxygens (including phenoxy) is 3. The zero-order valence-corrected chi connectivity index (χ0v) is 18.8. The van der Waals surface area contributed by atoms with Gasteiger partial charge in [0.1, 0.15) is 23.0 Å². The highest BCUT2D eigenvalue weighted by atomic mass is 16.7. The molecule has 0 spiro atoms. The standard InChI is InChI=1S/C30H26O4/c31-23-13-15-25-27(18-23)34-28-19-24(33-29-8-4-5-17-32-29)14-16-26(28)30(25)22-11-9-21(10-12-22)20-6-2-1-3-7-20/h1-3,6-7,9-16,18-19,29-31H,4-5,8,17H2. The van der Waals surface area contributed by atoms with Gasteiger partial charge < -0.3 is 19.3 Å².